The van der Waals surface area contributed by atoms with Gasteiger partial charge in [0.25, 0.3) is 0 Å². The van der Waals surface area contributed by atoms with Crippen molar-refractivity contribution in [3.05, 3.63) is 0 Å². The van der Waals surface area contributed by atoms with Crippen molar-refractivity contribution in [3.63, 3.8) is 0 Å². The van der Waals surface area contributed by atoms with E-state index in [0.717, 1.165) is 0 Å². The summed E-state index contributed by atoms with van der Waals surface area (Å²) in [5.41, 5.74) is 5.21. The molecule has 11 heavy (non-hydrogen) atoms. The van der Waals surface area contributed by atoms with Crippen molar-refractivity contribution in [1.82, 2.24) is 0 Å². The first kappa shape index (κ1) is 9.19. The lowest BCUT2D eigenvalue weighted by molar-refractivity contribution is -0.177. The Morgan fingerprint density at radius 2 is 2.00 bits per heavy atom. The molecule has 0 aliphatic carbocycles. The summed E-state index contributed by atoms with van der Waals surface area (Å²) in [7, 11) is 0. The van der Waals surface area contributed by atoms with Crippen LogP contribution in [0, 0.1) is 11.8 Å². The molecule has 0 spiro atoms. The Hall–Kier alpha value is 0.100. The summed E-state index contributed by atoms with van der Waals surface area (Å²) in [5, 5.41) is 0. The van der Waals surface area contributed by atoms with Crippen molar-refractivity contribution in [2.75, 3.05) is 18.1 Å². The summed E-state index contributed by atoms with van der Waals surface area (Å²) in [6.45, 7) is 0.150. The first-order chi connectivity index (χ1) is 5.05. The molecule has 0 aromatic rings. The molecule has 66 valence electrons. The van der Waals surface area contributed by atoms with Crippen LogP contribution in [0.25, 0.3) is 0 Å². The Morgan fingerprint density at radius 3 is 2.36 bits per heavy atom. The third-order valence-corrected chi connectivity index (χ3v) is 3.18. The van der Waals surface area contributed by atoms with Crippen molar-refractivity contribution >= 4 is 11.8 Å². The molecule has 5 heteroatoms. The highest BCUT2D eigenvalue weighted by molar-refractivity contribution is 7.99. The maximum Gasteiger partial charge on any atom is 0.392 e. The lowest BCUT2D eigenvalue weighted by atomic mass is 9.96. The van der Waals surface area contributed by atoms with Crippen LogP contribution in [0.4, 0.5) is 13.2 Å². The van der Waals surface area contributed by atoms with E-state index in [1.807, 2.05) is 0 Å². The van der Waals surface area contributed by atoms with Crippen molar-refractivity contribution in [2.45, 2.75) is 6.18 Å². The van der Waals surface area contributed by atoms with Gasteiger partial charge in [0.15, 0.2) is 0 Å². The highest BCUT2D eigenvalue weighted by Gasteiger charge is 2.46. The molecule has 1 saturated heterocycles. The predicted octanol–water partition coefficient (Wildman–Crippen LogP) is 1.49. The number of thioether (sulfide) groups is 1. The predicted molar refractivity (Wildman–Crippen MR) is 39.4 cm³/mol. The molecule has 1 rings (SSSR count). The number of hydrogen-bond donors (Lipinski definition) is 1. The molecule has 0 bridgehead atoms. The van der Waals surface area contributed by atoms with Crippen LogP contribution in [0.2, 0.25) is 0 Å². The zero-order valence-corrected chi connectivity index (χ0v) is 6.71. The fourth-order valence-corrected chi connectivity index (χ4v) is 2.71. The highest BCUT2D eigenvalue weighted by Crippen LogP contribution is 2.40. The number of alkyl halides is 3. The molecule has 0 saturated carbocycles. The van der Waals surface area contributed by atoms with Crippen LogP contribution in [0.15, 0.2) is 0 Å². The van der Waals surface area contributed by atoms with Crippen LogP contribution in [0.1, 0.15) is 0 Å². The van der Waals surface area contributed by atoms with Crippen molar-refractivity contribution in [3.8, 4) is 0 Å². The average Bonchev–Trinajstić information content (AvgIpc) is 2.31. The van der Waals surface area contributed by atoms with Crippen molar-refractivity contribution < 1.29 is 13.2 Å². The lowest BCUT2D eigenvalue weighted by Crippen LogP contribution is -2.33. The van der Waals surface area contributed by atoms with E-state index < -0.39 is 12.1 Å². The van der Waals surface area contributed by atoms with Gasteiger partial charge in [-0.25, -0.2) is 0 Å². The van der Waals surface area contributed by atoms with Crippen LogP contribution in [-0.4, -0.2) is 24.2 Å². The fourth-order valence-electron chi connectivity index (χ4n) is 1.19. The van der Waals surface area contributed by atoms with E-state index in [-0.39, 0.29) is 18.2 Å². The summed E-state index contributed by atoms with van der Waals surface area (Å²) >= 11 is 1.34. The number of halogens is 3. The van der Waals surface area contributed by atoms with Crippen molar-refractivity contribution in [2.24, 2.45) is 17.6 Å². The Bertz CT molecular complexity index is 136. The first-order valence-corrected chi connectivity index (χ1v) is 4.55. The molecule has 2 unspecified atom stereocenters. The number of hydrogen-bond acceptors (Lipinski definition) is 2. The van der Waals surface area contributed by atoms with Gasteiger partial charge in [-0.1, -0.05) is 0 Å². The molecule has 0 aromatic carbocycles. The largest absolute Gasteiger partial charge is 0.392 e. The lowest BCUT2D eigenvalue weighted by Gasteiger charge is -2.19. The van der Waals surface area contributed by atoms with Gasteiger partial charge in [0, 0.05) is 5.75 Å². The molecule has 2 N–H and O–H groups in total. The summed E-state index contributed by atoms with van der Waals surface area (Å²) in [5.74, 6) is -0.788. The molecule has 1 aliphatic heterocycles. The second-order valence-corrected chi connectivity index (χ2v) is 3.76. The van der Waals surface area contributed by atoms with Crippen LogP contribution < -0.4 is 5.73 Å². The molecule has 1 heterocycles. The van der Waals surface area contributed by atoms with E-state index in [0.29, 0.717) is 5.75 Å². The van der Waals surface area contributed by atoms with E-state index in [2.05, 4.69) is 0 Å². The van der Waals surface area contributed by atoms with Crippen LogP contribution in [0.3, 0.4) is 0 Å². The Balaban J connectivity index is 2.57. The van der Waals surface area contributed by atoms with Gasteiger partial charge < -0.3 is 5.73 Å². The van der Waals surface area contributed by atoms with Crippen LogP contribution in [0.5, 0.6) is 0 Å². The summed E-state index contributed by atoms with van der Waals surface area (Å²) in [4.78, 5) is 0. The first-order valence-electron chi connectivity index (χ1n) is 3.40. The molecular weight excluding hydrogens is 175 g/mol. The van der Waals surface area contributed by atoms with E-state index in [1.54, 1.807) is 0 Å². The molecule has 0 radical (unpaired) electrons. The van der Waals surface area contributed by atoms with E-state index in [4.69, 9.17) is 5.73 Å². The molecule has 1 aliphatic rings. The maximum absolute atomic E-state index is 12.1. The minimum Gasteiger partial charge on any atom is -0.330 e. The van der Waals surface area contributed by atoms with E-state index >= 15 is 0 Å². The molecule has 0 aromatic heterocycles. The third kappa shape index (κ3) is 2.02. The normalized spacial score (nSPS) is 32.7. The summed E-state index contributed by atoms with van der Waals surface area (Å²) in [6.07, 6.45) is -4.05. The highest BCUT2D eigenvalue weighted by atomic mass is 32.2. The maximum atomic E-state index is 12.1. The van der Waals surface area contributed by atoms with Gasteiger partial charge in [0.05, 0.1) is 5.92 Å². The molecule has 1 nitrogen and oxygen atoms in total. The van der Waals surface area contributed by atoms with Crippen LogP contribution >= 0.6 is 11.8 Å². The Labute approximate surface area is 67.5 Å². The van der Waals surface area contributed by atoms with Gasteiger partial charge in [-0.15, -0.1) is 0 Å². The minimum absolute atomic E-state index is 0.150. The second kappa shape index (κ2) is 3.23. The van der Waals surface area contributed by atoms with Gasteiger partial charge in [-0.2, -0.15) is 24.9 Å². The SMILES string of the molecule is NCC1CSCC1C(F)(F)F. The number of nitrogens with two attached hydrogens (primary N) is 1. The zero-order valence-electron chi connectivity index (χ0n) is 5.90. The average molecular weight is 185 g/mol. The quantitative estimate of drug-likeness (QED) is 0.669. The van der Waals surface area contributed by atoms with Gasteiger partial charge >= 0.3 is 6.18 Å². The number of rotatable bonds is 1. The Kier molecular flexibility index (Phi) is 2.70. The molecular formula is C6H10F3NS. The standard InChI is InChI=1S/C6H10F3NS/c7-6(8,9)5-3-11-2-4(5)1-10/h4-5H,1-3,10H2. The molecule has 0 amide bonds. The minimum atomic E-state index is -4.05. The second-order valence-electron chi connectivity index (χ2n) is 2.68. The fraction of sp³-hybridized carbons (Fsp3) is 1.00. The molecule has 1 fully saturated rings. The van der Waals surface area contributed by atoms with E-state index in [1.165, 1.54) is 11.8 Å². The smallest absolute Gasteiger partial charge is 0.330 e. The topological polar surface area (TPSA) is 26.0 Å². The zero-order chi connectivity index (χ0) is 8.48. The van der Waals surface area contributed by atoms with E-state index in [9.17, 15) is 13.2 Å². The van der Waals surface area contributed by atoms with Gasteiger partial charge in [-0.05, 0) is 18.2 Å². The van der Waals surface area contributed by atoms with Gasteiger partial charge in [0.1, 0.15) is 0 Å². The molecule has 2 atom stereocenters. The summed E-state index contributed by atoms with van der Waals surface area (Å²) in [6, 6.07) is 0. The van der Waals surface area contributed by atoms with Gasteiger partial charge in [0.2, 0.25) is 0 Å². The van der Waals surface area contributed by atoms with Crippen LogP contribution in [-0.2, 0) is 0 Å². The summed E-state index contributed by atoms with van der Waals surface area (Å²) < 4.78 is 36.4. The third-order valence-electron chi connectivity index (χ3n) is 1.92. The van der Waals surface area contributed by atoms with Gasteiger partial charge in [-0.3, -0.25) is 0 Å². The van der Waals surface area contributed by atoms with Crippen molar-refractivity contribution in [1.29, 1.82) is 0 Å². The Morgan fingerprint density at radius 1 is 1.36 bits per heavy atom. The monoisotopic (exact) mass is 185 g/mol.